The topological polar surface area (TPSA) is 60.6 Å². The fourth-order valence-corrected chi connectivity index (χ4v) is 4.28. The van der Waals surface area contributed by atoms with Crippen LogP contribution in [-0.4, -0.2) is 32.1 Å². The Hall–Kier alpha value is -2.95. The lowest BCUT2D eigenvalue weighted by molar-refractivity contribution is 0.103. The van der Waals surface area contributed by atoms with E-state index >= 15 is 0 Å². The molecule has 1 saturated carbocycles. The number of hydrogen-bond donors (Lipinski definition) is 1. The number of nitrogens with one attached hydrogen (secondary N) is 1. The Bertz CT molecular complexity index is 990. The fraction of sp³-hybridized carbons (Fsp3) is 0.348. The van der Waals surface area contributed by atoms with Crippen LogP contribution in [0.15, 0.2) is 36.4 Å². The zero-order chi connectivity index (χ0) is 19.7. The normalized spacial score (nSPS) is 14.4. The molecule has 1 aliphatic rings. The lowest BCUT2D eigenvalue weighted by Gasteiger charge is -2.15. The average molecular weight is 379 g/mol. The van der Waals surface area contributed by atoms with Crippen LogP contribution in [-0.2, 0) is 0 Å². The molecule has 0 spiro atoms. The number of ether oxygens (including phenoxy) is 3. The Balaban J connectivity index is 1.88. The molecule has 1 N–H and O–H groups in total. The van der Waals surface area contributed by atoms with Gasteiger partial charge in [-0.2, -0.15) is 0 Å². The highest BCUT2D eigenvalue weighted by Crippen LogP contribution is 2.41. The maximum Gasteiger partial charge on any atom is 0.203 e. The second kappa shape index (κ2) is 7.58. The summed E-state index contributed by atoms with van der Waals surface area (Å²) in [6.45, 7) is 0. The van der Waals surface area contributed by atoms with E-state index in [4.69, 9.17) is 14.2 Å². The fourth-order valence-electron chi connectivity index (χ4n) is 4.28. The molecular weight excluding hydrogens is 354 g/mol. The Morgan fingerprint density at radius 1 is 0.964 bits per heavy atom. The van der Waals surface area contributed by atoms with Gasteiger partial charge in [-0.1, -0.05) is 31.0 Å². The SMILES string of the molecule is COc1cc(C(=O)c2c(C3CCCC3)[nH]c3ccccc23)cc(OC)c1OC. The molecule has 5 heteroatoms. The van der Waals surface area contributed by atoms with Gasteiger partial charge in [-0.15, -0.1) is 0 Å². The molecular formula is C23H25NO4. The first-order valence-corrected chi connectivity index (χ1v) is 9.63. The molecule has 1 aromatic heterocycles. The van der Waals surface area contributed by atoms with E-state index < -0.39 is 0 Å². The molecule has 5 nitrogen and oxygen atoms in total. The first kappa shape index (κ1) is 18.4. The van der Waals surface area contributed by atoms with Crippen molar-refractivity contribution < 1.29 is 19.0 Å². The summed E-state index contributed by atoms with van der Waals surface area (Å²) in [5, 5.41) is 0.961. The van der Waals surface area contributed by atoms with Crippen LogP contribution in [0.3, 0.4) is 0 Å². The van der Waals surface area contributed by atoms with E-state index in [1.807, 2.05) is 24.3 Å². The molecule has 3 aromatic rings. The van der Waals surface area contributed by atoms with E-state index in [0.717, 1.165) is 35.0 Å². The largest absolute Gasteiger partial charge is 0.493 e. The van der Waals surface area contributed by atoms with Crippen molar-refractivity contribution in [3.05, 3.63) is 53.2 Å². The third kappa shape index (κ3) is 3.01. The predicted octanol–water partition coefficient (Wildman–Crippen LogP) is 5.08. The van der Waals surface area contributed by atoms with Crippen molar-refractivity contribution in [3.63, 3.8) is 0 Å². The highest BCUT2D eigenvalue weighted by atomic mass is 16.5. The van der Waals surface area contributed by atoms with Gasteiger partial charge in [-0.05, 0) is 37.0 Å². The van der Waals surface area contributed by atoms with Crippen LogP contribution in [0.25, 0.3) is 10.9 Å². The highest BCUT2D eigenvalue weighted by molar-refractivity contribution is 6.18. The van der Waals surface area contributed by atoms with Gasteiger partial charge in [-0.25, -0.2) is 0 Å². The minimum absolute atomic E-state index is 0.0291. The lowest BCUT2D eigenvalue weighted by Crippen LogP contribution is -2.08. The number of H-pyrrole nitrogens is 1. The Morgan fingerprint density at radius 3 is 2.21 bits per heavy atom. The Morgan fingerprint density at radius 2 is 1.61 bits per heavy atom. The van der Waals surface area contributed by atoms with Gasteiger partial charge in [0.15, 0.2) is 17.3 Å². The summed E-state index contributed by atoms with van der Waals surface area (Å²) in [5.74, 6) is 1.81. The number of carbonyl (C=O) groups excluding carboxylic acids is 1. The van der Waals surface area contributed by atoms with Crippen molar-refractivity contribution in [2.45, 2.75) is 31.6 Å². The molecule has 0 aliphatic heterocycles. The van der Waals surface area contributed by atoms with Crippen molar-refractivity contribution in [3.8, 4) is 17.2 Å². The van der Waals surface area contributed by atoms with Gasteiger partial charge in [0.25, 0.3) is 0 Å². The second-order valence-corrected chi connectivity index (χ2v) is 7.18. The molecule has 1 fully saturated rings. The van der Waals surface area contributed by atoms with E-state index in [2.05, 4.69) is 4.98 Å². The van der Waals surface area contributed by atoms with Crippen LogP contribution >= 0.6 is 0 Å². The smallest absolute Gasteiger partial charge is 0.203 e. The summed E-state index contributed by atoms with van der Waals surface area (Å²) in [6.07, 6.45) is 4.64. The van der Waals surface area contributed by atoms with E-state index in [9.17, 15) is 4.79 Å². The third-order valence-electron chi connectivity index (χ3n) is 5.65. The van der Waals surface area contributed by atoms with Crippen LogP contribution in [0.5, 0.6) is 17.2 Å². The van der Waals surface area contributed by atoms with Crippen LogP contribution in [0.1, 0.15) is 53.2 Å². The zero-order valence-electron chi connectivity index (χ0n) is 16.5. The first-order chi connectivity index (χ1) is 13.7. The van der Waals surface area contributed by atoms with Crippen molar-refractivity contribution in [2.24, 2.45) is 0 Å². The van der Waals surface area contributed by atoms with Crippen LogP contribution in [0.4, 0.5) is 0 Å². The number of fused-ring (bicyclic) bond motifs is 1. The standard InChI is InChI=1S/C23H25NO4/c1-26-18-12-15(13-19(27-2)23(18)28-3)22(25)20-16-10-6-7-11-17(16)24-21(20)14-8-4-5-9-14/h6-7,10-14,24H,4-5,8-9H2,1-3H3. The van der Waals surface area contributed by atoms with E-state index in [1.165, 1.54) is 12.8 Å². The van der Waals surface area contributed by atoms with Gasteiger partial charge in [-0.3, -0.25) is 4.79 Å². The molecule has 28 heavy (non-hydrogen) atoms. The summed E-state index contributed by atoms with van der Waals surface area (Å²) in [4.78, 5) is 17.2. The van der Waals surface area contributed by atoms with Crippen LogP contribution in [0, 0.1) is 0 Å². The number of aromatic amines is 1. The van der Waals surface area contributed by atoms with Gasteiger partial charge >= 0.3 is 0 Å². The number of ketones is 1. The number of para-hydroxylation sites is 1. The summed E-state index contributed by atoms with van der Waals surface area (Å²) < 4.78 is 16.3. The average Bonchev–Trinajstić information content (AvgIpc) is 3.39. The molecule has 1 heterocycles. The van der Waals surface area contributed by atoms with Crippen molar-refractivity contribution >= 4 is 16.7 Å². The molecule has 1 aliphatic carbocycles. The van der Waals surface area contributed by atoms with E-state index in [0.29, 0.717) is 28.7 Å². The molecule has 146 valence electrons. The van der Waals surface area contributed by atoms with Gasteiger partial charge in [0.05, 0.1) is 26.9 Å². The van der Waals surface area contributed by atoms with Gasteiger partial charge in [0.2, 0.25) is 5.75 Å². The van der Waals surface area contributed by atoms with E-state index in [-0.39, 0.29) is 5.78 Å². The minimum Gasteiger partial charge on any atom is -0.493 e. The minimum atomic E-state index is -0.0291. The number of rotatable bonds is 6. The Labute approximate surface area is 164 Å². The second-order valence-electron chi connectivity index (χ2n) is 7.18. The van der Waals surface area contributed by atoms with Gasteiger partial charge < -0.3 is 19.2 Å². The summed E-state index contributed by atoms with van der Waals surface area (Å²) >= 11 is 0. The maximum absolute atomic E-state index is 13.7. The number of hydrogen-bond acceptors (Lipinski definition) is 4. The molecule has 0 saturated heterocycles. The van der Waals surface area contributed by atoms with Crippen molar-refractivity contribution in [1.29, 1.82) is 0 Å². The molecule has 0 bridgehead atoms. The highest BCUT2D eigenvalue weighted by Gasteiger charge is 2.28. The van der Waals surface area contributed by atoms with Crippen LogP contribution < -0.4 is 14.2 Å². The van der Waals surface area contributed by atoms with Gasteiger partial charge in [0.1, 0.15) is 0 Å². The summed E-state index contributed by atoms with van der Waals surface area (Å²) in [7, 11) is 4.67. The van der Waals surface area contributed by atoms with Crippen LogP contribution in [0.2, 0.25) is 0 Å². The molecule has 4 rings (SSSR count). The zero-order valence-corrected chi connectivity index (χ0v) is 16.5. The summed E-state index contributed by atoms with van der Waals surface area (Å²) in [5.41, 5.74) is 3.34. The van der Waals surface area contributed by atoms with Gasteiger partial charge in [0, 0.05) is 22.2 Å². The number of carbonyl (C=O) groups is 1. The molecule has 0 radical (unpaired) electrons. The number of methoxy groups -OCH3 is 3. The third-order valence-corrected chi connectivity index (χ3v) is 5.65. The molecule has 0 atom stereocenters. The lowest BCUT2D eigenvalue weighted by atomic mass is 9.93. The van der Waals surface area contributed by atoms with E-state index in [1.54, 1.807) is 33.5 Å². The molecule has 2 aromatic carbocycles. The molecule has 0 amide bonds. The maximum atomic E-state index is 13.7. The monoisotopic (exact) mass is 379 g/mol. The first-order valence-electron chi connectivity index (χ1n) is 9.63. The number of aromatic nitrogens is 1. The predicted molar refractivity (Wildman–Crippen MR) is 109 cm³/mol. The molecule has 0 unspecified atom stereocenters. The number of benzene rings is 2. The van der Waals surface area contributed by atoms with Crippen molar-refractivity contribution in [2.75, 3.05) is 21.3 Å². The Kier molecular flexibility index (Phi) is 4.99. The summed E-state index contributed by atoms with van der Waals surface area (Å²) in [6, 6.07) is 11.5. The van der Waals surface area contributed by atoms with Crippen molar-refractivity contribution in [1.82, 2.24) is 4.98 Å². The quantitative estimate of drug-likeness (QED) is 0.607.